The molecule has 86 valence electrons. The molecule has 0 aliphatic carbocycles. The van der Waals surface area contributed by atoms with Gasteiger partial charge in [0.15, 0.2) is 5.78 Å². The third-order valence-corrected chi connectivity index (χ3v) is 2.33. The molecule has 0 spiro atoms. The summed E-state index contributed by atoms with van der Waals surface area (Å²) in [5, 5.41) is 18.7. The number of carbonyl (C=O) groups excluding carboxylic acids is 1. The van der Waals surface area contributed by atoms with Crippen LogP contribution in [0.1, 0.15) is 46.5 Å². The van der Waals surface area contributed by atoms with Gasteiger partial charge in [-0.2, -0.15) is 0 Å². The summed E-state index contributed by atoms with van der Waals surface area (Å²) in [5.74, 6) is -1.53. The van der Waals surface area contributed by atoms with Crippen molar-refractivity contribution in [1.29, 1.82) is 0 Å². The molecule has 0 fully saturated rings. The molecule has 0 aliphatic heterocycles. The zero-order valence-electron chi connectivity index (χ0n) is 9.28. The van der Waals surface area contributed by atoms with Gasteiger partial charge in [-0.25, -0.2) is 4.79 Å². The molecule has 4 heteroatoms. The van der Waals surface area contributed by atoms with Crippen LogP contribution in [0.5, 0.6) is 5.75 Å². The minimum atomic E-state index is -1.10. The number of carboxylic acid groups (broad SMARTS) is 1. The van der Waals surface area contributed by atoms with Gasteiger partial charge >= 0.3 is 5.97 Å². The fourth-order valence-electron chi connectivity index (χ4n) is 1.55. The Hall–Kier alpha value is -1.84. The lowest BCUT2D eigenvalue weighted by Crippen LogP contribution is -2.03. The molecule has 0 atom stereocenters. The molecule has 0 saturated carbocycles. The van der Waals surface area contributed by atoms with Gasteiger partial charge in [0.1, 0.15) is 5.75 Å². The maximum absolute atomic E-state index is 11.2. The quantitative estimate of drug-likeness (QED) is 0.766. The smallest absolute Gasteiger partial charge is 0.335 e. The van der Waals surface area contributed by atoms with Crippen molar-refractivity contribution in [3.05, 3.63) is 28.8 Å². The van der Waals surface area contributed by atoms with Crippen molar-refractivity contribution in [3.63, 3.8) is 0 Å². The number of benzene rings is 1. The number of aromatic carboxylic acids is 1. The lowest BCUT2D eigenvalue weighted by molar-refractivity contribution is 0.0696. The number of carboxylic acids is 1. The van der Waals surface area contributed by atoms with E-state index >= 15 is 0 Å². The molecule has 2 N–H and O–H groups in total. The second kappa shape index (κ2) is 4.79. The number of ketones is 1. The van der Waals surface area contributed by atoms with Gasteiger partial charge < -0.3 is 10.2 Å². The van der Waals surface area contributed by atoms with Gasteiger partial charge in [0, 0.05) is 0 Å². The molecule has 0 saturated heterocycles. The fraction of sp³-hybridized carbons (Fsp3) is 0.333. The van der Waals surface area contributed by atoms with Crippen molar-refractivity contribution in [2.24, 2.45) is 0 Å². The van der Waals surface area contributed by atoms with Gasteiger partial charge in [0.25, 0.3) is 0 Å². The highest BCUT2D eigenvalue weighted by molar-refractivity contribution is 6.00. The molecule has 0 aromatic heterocycles. The minimum Gasteiger partial charge on any atom is -0.507 e. The van der Waals surface area contributed by atoms with Crippen LogP contribution < -0.4 is 0 Å². The molecule has 0 heterocycles. The van der Waals surface area contributed by atoms with E-state index in [2.05, 4.69) is 0 Å². The van der Waals surface area contributed by atoms with Gasteiger partial charge in [-0.15, -0.1) is 0 Å². The lowest BCUT2D eigenvalue weighted by Gasteiger charge is -2.08. The Labute approximate surface area is 93.5 Å². The standard InChI is InChI=1S/C12H14O4/c1-3-4-8-5-9(12(15)16)6-10(7(2)13)11(8)14/h5-6,14H,3-4H2,1-2H3,(H,15,16). The predicted molar refractivity (Wildman–Crippen MR) is 59.1 cm³/mol. The predicted octanol–water partition coefficient (Wildman–Crippen LogP) is 2.25. The number of aromatic hydroxyl groups is 1. The van der Waals surface area contributed by atoms with Crippen LogP contribution in [0.25, 0.3) is 0 Å². The summed E-state index contributed by atoms with van der Waals surface area (Å²) in [7, 11) is 0. The van der Waals surface area contributed by atoms with Crippen LogP contribution in [-0.2, 0) is 6.42 Å². The first kappa shape index (κ1) is 12.2. The minimum absolute atomic E-state index is 0.0338. The second-order valence-corrected chi connectivity index (χ2v) is 3.64. The van der Waals surface area contributed by atoms with Gasteiger partial charge in [-0.1, -0.05) is 13.3 Å². The average Bonchev–Trinajstić information content (AvgIpc) is 2.20. The number of Topliss-reactive ketones (excluding diaryl/α,β-unsaturated/α-hetero) is 1. The highest BCUT2D eigenvalue weighted by atomic mass is 16.4. The van der Waals surface area contributed by atoms with E-state index in [1.54, 1.807) is 0 Å². The number of rotatable bonds is 4. The Bertz CT molecular complexity index is 435. The van der Waals surface area contributed by atoms with Crippen LogP contribution in [0.4, 0.5) is 0 Å². The number of phenols is 1. The molecular weight excluding hydrogens is 208 g/mol. The molecule has 4 nitrogen and oxygen atoms in total. The lowest BCUT2D eigenvalue weighted by atomic mass is 9.99. The summed E-state index contributed by atoms with van der Waals surface area (Å²) < 4.78 is 0. The Morgan fingerprint density at radius 2 is 1.94 bits per heavy atom. The topological polar surface area (TPSA) is 74.6 Å². The molecule has 0 unspecified atom stereocenters. The van der Waals surface area contributed by atoms with Crippen LogP contribution in [-0.4, -0.2) is 22.0 Å². The van der Waals surface area contributed by atoms with E-state index in [9.17, 15) is 14.7 Å². The van der Waals surface area contributed by atoms with Gasteiger partial charge in [0.05, 0.1) is 11.1 Å². The normalized spacial score (nSPS) is 10.1. The zero-order chi connectivity index (χ0) is 12.3. The summed E-state index contributed by atoms with van der Waals surface area (Å²) in [6.07, 6.45) is 1.32. The van der Waals surface area contributed by atoms with Crippen LogP contribution in [0.3, 0.4) is 0 Å². The molecule has 1 aromatic carbocycles. The summed E-state index contributed by atoms with van der Waals surface area (Å²) in [6.45, 7) is 3.22. The third-order valence-electron chi connectivity index (χ3n) is 2.33. The zero-order valence-corrected chi connectivity index (χ0v) is 9.28. The summed E-state index contributed by atoms with van der Waals surface area (Å²) >= 11 is 0. The largest absolute Gasteiger partial charge is 0.507 e. The molecule has 16 heavy (non-hydrogen) atoms. The molecule has 0 radical (unpaired) electrons. The van der Waals surface area contributed by atoms with E-state index < -0.39 is 5.97 Å². The van der Waals surface area contributed by atoms with Crippen LogP contribution >= 0.6 is 0 Å². The van der Waals surface area contributed by atoms with Crippen molar-refractivity contribution in [2.75, 3.05) is 0 Å². The van der Waals surface area contributed by atoms with E-state index in [0.29, 0.717) is 12.0 Å². The van der Waals surface area contributed by atoms with Crippen molar-refractivity contribution >= 4 is 11.8 Å². The van der Waals surface area contributed by atoms with E-state index in [1.165, 1.54) is 19.1 Å². The van der Waals surface area contributed by atoms with Crippen molar-refractivity contribution in [1.82, 2.24) is 0 Å². The highest BCUT2D eigenvalue weighted by Gasteiger charge is 2.15. The van der Waals surface area contributed by atoms with Crippen LogP contribution in [0, 0.1) is 0 Å². The van der Waals surface area contributed by atoms with Gasteiger partial charge in [-0.05, 0) is 31.0 Å². The summed E-state index contributed by atoms with van der Waals surface area (Å²) in [6, 6.07) is 2.62. The Morgan fingerprint density at radius 1 is 1.31 bits per heavy atom. The van der Waals surface area contributed by atoms with E-state index in [4.69, 9.17) is 5.11 Å². The van der Waals surface area contributed by atoms with Crippen molar-refractivity contribution in [3.8, 4) is 5.75 Å². The van der Waals surface area contributed by atoms with Gasteiger partial charge in [0.2, 0.25) is 0 Å². The van der Waals surface area contributed by atoms with E-state index in [1.807, 2.05) is 6.92 Å². The average molecular weight is 222 g/mol. The van der Waals surface area contributed by atoms with Crippen LogP contribution in [0.2, 0.25) is 0 Å². The monoisotopic (exact) mass is 222 g/mol. The first-order valence-electron chi connectivity index (χ1n) is 5.07. The summed E-state index contributed by atoms with van der Waals surface area (Å²) in [5.41, 5.74) is 0.613. The Morgan fingerprint density at radius 3 is 2.38 bits per heavy atom. The first-order chi connectivity index (χ1) is 7.47. The molecule has 0 bridgehead atoms. The highest BCUT2D eigenvalue weighted by Crippen LogP contribution is 2.26. The SMILES string of the molecule is CCCc1cc(C(=O)O)cc(C(C)=O)c1O. The Balaban J connectivity index is 3.38. The molecule has 0 aliphatic rings. The maximum atomic E-state index is 11.2. The number of aryl methyl sites for hydroxylation is 1. The number of hydrogen-bond acceptors (Lipinski definition) is 3. The van der Waals surface area contributed by atoms with Crippen molar-refractivity contribution in [2.45, 2.75) is 26.7 Å². The molecule has 1 rings (SSSR count). The number of hydrogen-bond donors (Lipinski definition) is 2. The van der Waals surface area contributed by atoms with E-state index in [0.717, 1.165) is 6.42 Å². The molecule has 0 amide bonds. The maximum Gasteiger partial charge on any atom is 0.335 e. The number of phenolic OH excluding ortho intramolecular Hbond substituents is 1. The van der Waals surface area contributed by atoms with E-state index in [-0.39, 0.29) is 22.7 Å². The van der Waals surface area contributed by atoms with Crippen LogP contribution in [0.15, 0.2) is 12.1 Å². The second-order valence-electron chi connectivity index (χ2n) is 3.64. The third kappa shape index (κ3) is 2.39. The molecular formula is C12H14O4. The number of carbonyl (C=O) groups is 2. The Kier molecular flexibility index (Phi) is 3.66. The first-order valence-corrected chi connectivity index (χ1v) is 5.07. The molecule has 1 aromatic rings. The fourth-order valence-corrected chi connectivity index (χ4v) is 1.55. The summed E-state index contributed by atoms with van der Waals surface area (Å²) in [4.78, 5) is 22.1. The van der Waals surface area contributed by atoms with Gasteiger partial charge in [-0.3, -0.25) is 4.79 Å². The van der Waals surface area contributed by atoms with Crippen molar-refractivity contribution < 1.29 is 19.8 Å².